The number of anilines is 2. The number of hydrogen-bond acceptors (Lipinski definition) is 6. The maximum Gasteiger partial charge on any atom is 0.316 e. The summed E-state index contributed by atoms with van der Waals surface area (Å²) in [7, 11) is 0. The number of unbranched alkanes of at least 4 members (excludes halogenated alkanes) is 1. The maximum absolute atomic E-state index is 11.1. The van der Waals surface area contributed by atoms with Gasteiger partial charge < -0.3 is 15.5 Å². The summed E-state index contributed by atoms with van der Waals surface area (Å²) in [5.41, 5.74) is 3.04. The molecule has 0 saturated carbocycles. The van der Waals surface area contributed by atoms with Crippen molar-refractivity contribution in [3.05, 3.63) is 28.3 Å². The van der Waals surface area contributed by atoms with Crippen molar-refractivity contribution in [2.75, 3.05) is 30.5 Å². The zero-order valence-corrected chi connectivity index (χ0v) is 11.7. The summed E-state index contributed by atoms with van der Waals surface area (Å²) in [5, 5.41) is 14.1. The van der Waals surface area contributed by atoms with Gasteiger partial charge in [0.15, 0.2) is 0 Å². The monoisotopic (exact) mass is 282 g/mol. The number of benzene rings is 1. The van der Waals surface area contributed by atoms with Crippen molar-refractivity contribution in [3.63, 3.8) is 0 Å². The summed E-state index contributed by atoms with van der Waals surface area (Å²) in [6.45, 7) is 4.14. The minimum Gasteiger partial charge on any atom is -0.381 e. The average molecular weight is 282 g/mol. The first-order valence-corrected chi connectivity index (χ1v) is 6.76. The Hall–Kier alpha value is -1.86. The molecule has 0 spiro atoms. The molecular weight excluding hydrogens is 260 g/mol. The summed E-state index contributed by atoms with van der Waals surface area (Å²) in [5.74, 6) is 5.28. The molecule has 4 N–H and O–H groups in total. The Bertz CT molecular complexity index is 426. The number of nitrogens with two attached hydrogens (primary N) is 1. The van der Waals surface area contributed by atoms with Crippen molar-refractivity contribution < 1.29 is 9.66 Å². The summed E-state index contributed by atoms with van der Waals surface area (Å²) in [6.07, 6.45) is 2.97. The molecule has 20 heavy (non-hydrogen) atoms. The Morgan fingerprint density at radius 2 is 2.00 bits per heavy atom. The number of rotatable bonds is 10. The van der Waals surface area contributed by atoms with Crippen LogP contribution in [0.15, 0.2) is 18.2 Å². The van der Waals surface area contributed by atoms with E-state index < -0.39 is 4.92 Å². The van der Waals surface area contributed by atoms with Gasteiger partial charge in [-0.25, -0.2) is 0 Å². The van der Waals surface area contributed by atoms with Crippen molar-refractivity contribution >= 4 is 17.1 Å². The molecule has 0 aliphatic carbocycles. The van der Waals surface area contributed by atoms with Gasteiger partial charge in [0.25, 0.3) is 0 Å². The molecule has 7 heteroatoms. The Balaban J connectivity index is 2.45. The van der Waals surface area contributed by atoms with E-state index in [1.165, 1.54) is 0 Å². The lowest BCUT2D eigenvalue weighted by Gasteiger charge is -2.10. The minimum atomic E-state index is -0.449. The number of para-hydroxylation sites is 1. The lowest BCUT2D eigenvalue weighted by atomic mass is 10.2. The van der Waals surface area contributed by atoms with Gasteiger partial charge in [0.05, 0.1) is 4.92 Å². The van der Waals surface area contributed by atoms with E-state index in [4.69, 9.17) is 10.6 Å². The molecule has 0 aliphatic rings. The Labute approximate surface area is 118 Å². The molecule has 1 aromatic carbocycles. The van der Waals surface area contributed by atoms with Crippen LogP contribution in [0.5, 0.6) is 0 Å². The largest absolute Gasteiger partial charge is 0.381 e. The van der Waals surface area contributed by atoms with Gasteiger partial charge >= 0.3 is 5.69 Å². The number of nitrogens with zero attached hydrogens (tertiary/aromatic N) is 1. The molecule has 0 saturated heterocycles. The van der Waals surface area contributed by atoms with E-state index >= 15 is 0 Å². The van der Waals surface area contributed by atoms with Gasteiger partial charge in [0, 0.05) is 19.8 Å². The SMILES string of the molecule is CCCCOCCCNc1cccc(NN)c1[N+](=O)[O-]. The standard InChI is InChI=1S/C13H22N4O3/c1-2-3-9-20-10-5-8-15-11-6-4-7-12(16-14)13(11)17(18)19/h4,6-7,15-16H,2-3,5,8-10,14H2,1H3. The number of nitrogens with one attached hydrogen (secondary N) is 2. The van der Waals surface area contributed by atoms with Gasteiger partial charge in [0.2, 0.25) is 0 Å². The molecule has 0 radical (unpaired) electrons. The number of nitrogen functional groups attached to an aromatic ring is 1. The molecule has 0 unspecified atom stereocenters. The third-order valence-corrected chi connectivity index (χ3v) is 2.80. The number of nitro benzene ring substituents is 1. The van der Waals surface area contributed by atoms with E-state index in [0.717, 1.165) is 25.9 Å². The number of nitro groups is 1. The number of ether oxygens (including phenoxy) is 1. The molecule has 1 aromatic rings. The minimum absolute atomic E-state index is 0.0399. The van der Waals surface area contributed by atoms with Crippen LogP contribution in [-0.4, -0.2) is 24.7 Å². The molecule has 0 aliphatic heterocycles. The van der Waals surface area contributed by atoms with Crippen LogP contribution in [0.2, 0.25) is 0 Å². The van der Waals surface area contributed by atoms with Crippen LogP contribution in [0.25, 0.3) is 0 Å². The van der Waals surface area contributed by atoms with Crippen molar-refractivity contribution in [2.45, 2.75) is 26.2 Å². The predicted octanol–water partition coefficient (Wildman–Crippen LogP) is 2.50. The molecule has 0 atom stereocenters. The van der Waals surface area contributed by atoms with E-state index in [-0.39, 0.29) is 5.69 Å². The van der Waals surface area contributed by atoms with Gasteiger partial charge in [-0.2, -0.15) is 0 Å². The van der Waals surface area contributed by atoms with Crippen LogP contribution in [0.1, 0.15) is 26.2 Å². The van der Waals surface area contributed by atoms with Gasteiger partial charge in [0.1, 0.15) is 11.4 Å². The topological polar surface area (TPSA) is 102 Å². The first-order chi connectivity index (χ1) is 9.70. The van der Waals surface area contributed by atoms with Crippen molar-refractivity contribution in [1.82, 2.24) is 0 Å². The molecule has 0 bridgehead atoms. The van der Waals surface area contributed by atoms with Crippen molar-refractivity contribution in [2.24, 2.45) is 5.84 Å². The second-order valence-corrected chi connectivity index (χ2v) is 4.35. The van der Waals surface area contributed by atoms with Gasteiger partial charge in [-0.05, 0) is 25.0 Å². The van der Waals surface area contributed by atoms with Crippen LogP contribution in [0.4, 0.5) is 17.1 Å². The first-order valence-electron chi connectivity index (χ1n) is 6.76. The van der Waals surface area contributed by atoms with Crippen molar-refractivity contribution in [3.8, 4) is 0 Å². The third kappa shape index (κ3) is 5.02. The molecule has 112 valence electrons. The summed E-state index contributed by atoms with van der Waals surface area (Å²) in [4.78, 5) is 10.6. The first kappa shape index (κ1) is 16.2. The Kier molecular flexibility index (Phi) is 7.38. The highest BCUT2D eigenvalue weighted by Gasteiger charge is 2.18. The lowest BCUT2D eigenvalue weighted by Crippen LogP contribution is -2.12. The normalized spacial score (nSPS) is 10.3. The fraction of sp³-hybridized carbons (Fsp3) is 0.538. The summed E-state index contributed by atoms with van der Waals surface area (Å²) >= 11 is 0. The van der Waals surface area contributed by atoms with E-state index in [2.05, 4.69) is 17.7 Å². The zero-order valence-electron chi connectivity index (χ0n) is 11.7. The average Bonchev–Trinajstić information content (AvgIpc) is 2.45. The lowest BCUT2D eigenvalue weighted by molar-refractivity contribution is -0.383. The van der Waals surface area contributed by atoms with Crippen LogP contribution in [0.3, 0.4) is 0 Å². The molecule has 1 rings (SSSR count). The number of hydrogen-bond donors (Lipinski definition) is 3. The third-order valence-electron chi connectivity index (χ3n) is 2.80. The molecule has 0 fully saturated rings. The summed E-state index contributed by atoms with van der Waals surface area (Å²) < 4.78 is 5.43. The molecule has 0 aromatic heterocycles. The highest BCUT2D eigenvalue weighted by Crippen LogP contribution is 2.31. The van der Waals surface area contributed by atoms with Crippen molar-refractivity contribution in [1.29, 1.82) is 0 Å². The fourth-order valence-electron chi connectivity index (χ4n) is 1.75. The van der Waals surface area contributed by atoms with Gasteiger partial charge in [-0.3, -0.25) is 16.0 Å². The maximum atomic E-state index is 11.1. The van der Waals surface area contributed by atoms with Gasteiger partial charge in [-0.15, -0.1) is 0 Å². The van der Waals surface area contributed by atoms with Crippen LogP contribution in [-0.2, 0) is 4.74 Å². The highest BCUT2D eigenvalue weighted by atomic mass is 16.6. The molecule has 0 amide bonds. The number of hydrazine groups is 1. The Morgan fingerprint density at radius 3 is 2.65 bits per heavy atom. The predicted molar refractivity (Wildman–Crippen MR) is 79.7 cm³/mol. The van der Waals surface area contributed by atoms with Crippen LogP contribution < -0.4 is 16.6 Å². The van der Waals surface area contributed by atoms with E-state index in [9.17, 15) is 10.1 Å². The van der Waals surface area contributed by atoms with E-state index in [1.54, 1.807) is 18.2 Å². The van der Waals surface area contributed by atoms with E-state index in [0.29, 0.717) is 24.5 Å². The Morgan fingerprint density at radius 1 is 1.30 bits per heavy atom. The zero-order chi connectivity index (χ0) is 14.8. The highest BCUT2D eigenvalue weighted by molar-refractivity contribution is 5.75. The molecule has 7 nitrogen and oxygen atoms in total. The smallest absolute Gasteiger partial charge is 0.316 e. The van der Waals surface area contributed by atoms with Gasteiger partial charge in [-0.1, -0.05) is 19.4 Å². The molecular formula is C13H22N4O3. The second kappa shape index (κ2) is 9.11. The second-order valence-electron chi connectivity index (χ2n) is 4.35. The molecule has 0 heterocycles. The fourth-order valence-corrected chi connectivity index (χ4v) is 1.75. The van der Waals surface area contributed by atoms with E-state index in [1.807, 2.05) is 0 Å². The summed E-state index contributed by atoms with van der Waals surface area (Å²) in [6, 6.07) is 4.94. The van der Waals surface area contributed by atoms with Crippen LogP contribution in [0, 0.1) is 10.1 Å². The van der Waals surface area contributed by atoms with Crippen LogP contribution >= 0.6 is 0 Å². The quantitative estimate of drug-likeness (QED) is 0.264.